The first-order chi connectivity index (χ1) is 6.83. The van der Waals surface area contributed by atoms with Gasteiger partial charge in [0.15, 0.2) is 0 Å². The van der Waals surface area contributed by atoms with E-state index < -0.39 is 0 Å². The molecule has 1 fully saturated rings. The Hall–Kier alpha value is -0.0800. The van der Waals surface area contributed by atoms with Crippen LogP contribution in [0.3, 0.4) is 0 Å². The largest absolute Gasteiger partial charge is 0.313 e. The molecule has 0 aromatic rings. The fourth-order valence-corrected chi connectivity index (χ4v) is 2.05. The summed E-state index contributed by atoms with van der Waals surface area (Å²) in [5.74, 6) is 0. The maximum atomic E-state index is 3.64. The molecule has 1 aliphatic rings. The number of rotatable bonds is 6. The Morgan fingerprint density at radius 1 is 1.14 bits per heavy atom. The van der Waals surface area contributed by atoms with E-state index in [0.29, 0.717) is 6.04 Å². The second-order valence-electron chi connectivity index (χ2n) is 4.55. The molecule has 0 spiro atoms. The molecule has 84 valence electrons. The molecule has 14 heavy (non-hydrogen) atoms. The second kappa shape index (κ2) is 7.24. The molecule has 1 aliphatic carbocycles. The molecule has 0 amide bonds. The minimum Gasteiger partial charge on any atom is -0.313 e. The monoisotopic (exact) mass is 198 g/mol. The van der Waals surface area contributed by atoms with Gasteiger partial charge in [0.1, 0.15) is 0 Å². The summed E-state index contributed by atoms with van der Waals surface area (Å²) in [6, 6.07) is 1.48. The average molecular weight is 198 g/mol. The quantitative estimate of drug-likeness (QED) is 0.640. The average Bonchev–Trinajstić information content (AvgIpc) is 2.25. The van der Waals surface area contributed by atoms with Crippen molar-refractivity contribution in [3.8, 4) is 0 Å². The molecule has 0 heterocycles. The predicted molar refractivity (Wildman–Crippen MR) is 62.6 cm³/mol. The molecule has 0 aliphatic heterocycles. The van der Waals surface area contributed by atoms with Crippen molar-refractivity contribution in [3.63, 3.8) is 0 Å². The van der Waals surface area contributed by atoms with Gasteiger partial charge in [-0.15, -0.1) is 0 Å². The second-order valence-corrected chi connectivity index (χ2v) is 4.55. The Balaban J connectivity index is 1.92. The molecule has 1 rings (SSSR count). The van der Waals surface area contributed by atoms with Crippen molar-refractivity contribution in [3.05, 3.63) is 0 Å². The Labute approximate surface area is 88.8 Å². The third kappa shape index (κ3) is 4.97. The van der Waals surface area contributed by atoms with E-state index in [1.54, 1.807) is 0 Å². The van der Waals surface area contributed by atoms with Crippen LogP contribution in [0, 0.1) is 0 Å². The van der Waals surface area contributed by atoms with Gasteiger partial charge in [-0.3, -0.25) is 0 Å². The minimum absolute atomic E-state index is 0.670. The van der Waals surface area contributed by atoms with Crippen LogP contribution in [-0.2, 0) is 0 Å². The molecule has 1 unspecified atom stereocenters. The van der Waals surface area contributed by atoms with Gasteiger partial charge in [0.25, 0.3) is 0 Å². The van der Waals surface area contributed by atoms with E-state index in [9.17, 15) is 0 Å². The van der Waals surface area contributed by atoms with Crippen molar-refractivity contribution < 1.29 is 0 Å². The molecular formula is C12H26N2. The highest BCUT2D eigenvalue weighted by Crippen LogP contribution is 2.16. The highest BCUT2D eigenvalue weighted by molar-refractivity contribution is 4.72. The zero-order valence-corrected chi connectivity index (χ0v) is 9.81. The van der Waals surface area contributed by atoms with Gasteiger partial charge < -0.3 is 10.6 Å². The van der Waals surface area contributed by atoms with E-state index >= 15 is 0 Å². The van der Waals surface area contributed by atoms with Crippen LogP contribution in [0.1, 0.15) is 52.4 Å². The number of nitrogens with one attached hydrogen (secondary N) is 2. The van der Waals surface area contributed by atoms with Gasteiger partial charge in [-0.05, 0) is 26.2 Å². The molecule has 2 nitrogen and oxygen atoms in total. The molecule has 2 N–H and O–H groups in total. The fourth-order valence-electron chi connectivity index (χ4n) is 2.05. The van der Waals surface area contributed by atoms with Crippen LogP contribution in [0.25, 0.3) is 0 Å². The lowest BCUT2D eigenvalue weighted by Crippen LogP contribution is -2.38. The molecule has 0 bridgehead atoms. The van der Waals surface area contributed by atoms with Crippen LogP contribution in [0.5, 0.6) is 0 Å². The molecular weight excluding hydrogens is 172 g/mol. The molecule has 0 saturated heterocycles. The zero-order valence-electron chi connectivity index (χ0n) is 9.81. The van der Waals surface area contributed by atoms with E-state index in [4.69, 9.17) is 0 Å². The van der Waals surface area contributed by atoms with Crippen LogP contribution in [0.4, 0.5) is 0 Å². The van der Waals surface area contributed by atoms with E-state index in [0.717, 1.165) is 19.1 Å². The van der Waals surface area contributed by atoms with Crippen molar-refractivity contribution in [1.29, 1.82) is 0 Å². The third-order valence-corrected chi connectivity index (χ3v) is 3.27. The van der Waals surface area contributed by atoms with Gasteiger partial charge in [-0.1, -0.05) is 26.2 Å². The summed E-state index contributed by atoms with van der Waals surface area (Å²) >= 11 is 0. The Morgan fingerprint density at radius 2 is 1.86 bits per heavy atom. The summed E-state index contributed by atoms with van der Waals surface area (Å²) in [6.07, 6.45) is 8.31. The normalized spacial score (nSPS) is 21.0. The van der Waals surface area contributed by atoms with Crippen molar-refractivity contribution >= 4 is 0 Å². The molecule has 2 heteroatoms. The van der Waals surface area contributed by atoms with Crippen LogP contribution in [0.2, 0.25) is 0 Å². The summed E-state index contributed by atoms with van der Waals surface area (Å²) in [5.41, 5.74) is 0. The topological polar surface area (TPSA) is 24.1 Å². The van der Waals surface area contributed by atoms with E-state index in [1.807, 2.05) is 0 Å². The van der Waals surface area contributed by atoms with E-state index in [-0.39, 0.29) is 0 Å². The van der Waals surface area contributed by atoms with Crippen LogP contribution in [0.15, 0.2) is 0 Å². The van der Waals surface area contributed by atoms with Crippen LogP contribution < -0.4 is 10.6 Å². The zero-order chi connectivity index (χ0) is 10.2. The third-order valence-electron chi connectivity index (χ3n) is 3.27. The van der Waals surface area contributed by atoms with Crippen LogP contribution >= 0.6 is 0 Å². The fraction of sp³-hybridized carbons (Fsp3) is 1.00. The van der Waals surface area contributed by atoms with Gasteiger partial charge in [-0.25, -0.2) is 0 Å². The summed E-state index contributed by atoms with van der Waals surface area (Å²) < 4.78 is 0. The number of hydrogen-bond acceptors (Lipinski definition) is 2. The van der Waals surface area contributed by atoms with E-state index in [1.165, 1.54) is 38.5 Å². The Bertz CT molecular complexity index is 130. The summed E-state index contributed by atoms with van der Waals surface area (Å²) in [5, 5.41) is 7.15. The minimum atomic E-state index is 0.670. The highest BCUT2D eigenvalue weighted by Gasteiger charge is 2.11. The maximum Gasteiger partial charge on any atom is 0.00794 e. The number of hydrogen-bond donors (Lipinski definition) is 2. The Morgan fingerprint density at radius 3 is 2.50 bits per heavy atom. The molecule has 0 aromatic heterocycles. The predicted octanol–water partition coefficient (Wildman–Crippen LogP) is 2.30. The van der Waals surface area contributed by atoms with E-state index in [2.05, 4.69) is 24.5 Å². The molecule has 0 aromatic carbocycles. The van der Waals surface area contributed by atoms with Gasteiger partial charge >= 0.3 is 0 Å². The summed E-state index contributed by atoms with van der Waals surface area (Å²) in [7, 11) is 0. The lowest BCUT2D eigenvalue weighted by Gasteiger charge is -2.23. The summed E-state index contributed by atoms with van der Waals surface area (Å²) in [4.78, 5) is 0. The highest BCUT2D eigenvalue weighted by atomic mass is 15.0. The van der Waals surface area contributed by atoms with Crippen molar-refractivity contribution in [2.75, 3.05) is 13.1 Å². The van der Waals surface area contributed by atoms with Crippen molar-refractivity contribution in [2.24, 2.45) is 0 Å². The molecule has 1 atom stereocenters. The van der Waals surface area contributed by atoms with Crippen molar-refractivity contribution in [1.82, 2.24) is 10.6 Å². The van der Waals surface area contributed by atoms with Gasteiger partial charge in [0.05, 0.1) is 0 Å². The van der Waals surface area contributed by atoms with Gasteiger partial charge in [0, 0.05) is 25.2 Å². The SMILES string of the molecule is CCC(C)NCCNC1CCCCC1. The first-order valence-electron chi connectivity index (χ1n) is 6.29. The Kier molecular flexibility index (Phi) is 6.20. The van der Waals surface area contributed by atoms with Gasteiger partial charge in [0.2, 0.25) is 0 Å². The van der Waals surface area contributed by atoms with Gasteiger partial charge in [-0.2, -0.15) is 0 Å². The maximum absolute atomic E-state index is 3.64. The van der Waals surface area contributed by atoms with Crippen LogP contribution in [-0.4, -0.2) is 25.2 Å². The smallest absolute Gasteiger partial charge is 0.00794 e. The lowest BCUT2D eigenvalue weighted by atomic mass is 9.95. The summed E-state index contributed by atoms with van der Waals surface area (Å²) in [6.45, 7) is 6.73. The first-order valence-corrected chi connectivity index (χ1v) is 6.29. The first kappa shape index (κ1) is 12.0. The lowest BCUT2D eigenvalue weighted by molar-refractivity contribution is 0.369. The standard InChI is InChI=1S/C12H26N2/c1-3-11(2)13-9-10-14-12-7-5-4-6-8-12/h11-14H,3-10H2,1-2H3. The van der Waals surface area contributed by atoms with Crippen molar-refractivity contribution in [2.45, 2.75) is 64.5 Å². The molecule has 0 radical (unpaired) electrons. The molecule has 1 saturated carbocycles.